The average molecular weight is 211 g/mol. The van der Waals surface area contributed by atoms with Gasteiger partial charge in [-0.15, -0.1) is 6.42 Å². The first-order chi connectivity index (χ1) is 6.83. The second-order valence-corrected chi connectivity index (χ2v) is 4.70. The molecular weight excluding hydrogens is 194 g/mol. The zero-order valence-electron chi connectivity index (χ0n) is 9.36. The Morgan fingerprint density at radius 3 is 2.67 bits per heavy atom. The SMILES string of the molecule is C#C[C@H]1C[C@H](O)CN1C(=O)OC(C)(C)C. The van der Waals surface area contributed by atoms with E-state index >= 15 is 0 Å². The van der Waals surface area contributed by atoms with E-state index in [-0.39, 0.29) is 12.6 Å². The van der Waals surface area contributed by atoms with Gasteiger partial charge in [-0.3, -0.25) is 4.90 Å². The first kappa shape index (κ1) is 11.9. The molecule has 0 bridgehead atoms. The van der Waals surface area contributed by atoms with Crippen molar-refractivity contribution < 1.29 is 14.6 Å². The van der Waals surface area contributed by atoms with Crippen LogP contribution in [0.1, 0.15) is 27.2 Å². The van der Waals surface area contributed by atoms with Gasteiger partial charge in [0.25, 0.3) is 0 Å². The maximum Gasteiger partial charge on any atom is 0.411 e. The molecule has 4 heteroatoms. The summed E-state index contributed by atoms with van der Waals surface area (Å²) in [6.07, 6.45) is 4.70. The third-order valence-electron chi connectivity index (χ3n) is 2.10. The summed E-state index contributed by atoms with van der Waals surface area (Å²) in [4.78, 5) is 13.1. The Hall–Kier alpha value is -1.21. The molecule has 1 amide bonds. The molecule has 0 unspecified atom stereocenters. The van der Waals surface area contributed by atoms with E-state index < -0.39 is 17.8 Å². The first-order valence-corrected chi connectivity index (χ1v) is 4.97. The summed E-state index contributed by atoms with van der Waals surface area (Å²) in [6.45, 7) is 5.64. The number of aliphatic hydroxyl groups is 1. The smallest absolute Gasteiger partial charge is 0.411 e. The maximum atomic E-state index is 11.7. The average Bonchev–Trinajstić information content (AvgIpc) is 2.43. The highest BCUT2D eigenvalue weighted by Gasteiger charge is 2.35. The summed E-state index contributed by atoms with van der Waals surface area (Å²) >= 11 is 0. The van der Waals surface area contributed by atoms with Crippen molar-refractivity contribution in [1.82, 2.24) is 4.90 Å². The van der Waals surface area contributed by atoms with E-state index in [0.717, 1.165) is 0 Å². The zero-order chi connectivity index (χ0) is 11.6. The molecule has 0 radical (unpaired) electrons. The van der Waals surface area contributed by atoms with Crippen molar-refractivity contribution in [3.63, 3.8) is 0 Å². The second kappa shape index (κ2) is 4.11. The van der Waals surface area contributed by atoms with Gasteiger partial charge in [0.15, 0.2) is 0 Å². The molecule has 1 rings (SSSR count). The molecule has 0 spiro atoms. The van der Waals surface area contributed by atoms with Gasteiger partial charge in [-0.2, -0.15) is 0 Å². The van der Waals surface area contributed by atoms with Crippen LogP contribution in [0.25, 0.3) is 0 Å². The minimum absolute atomic E-state index is 0.254. The molecule has 1 heterocycles. The van der Waals surface area contributed by atoms with Crippen LogP contribution >= 0.6 is 0 Å². The summed E-state index contributed by atoms with van der Waals surface area (Å²) in [5.41, 5.74) is -0.538. The minimum Gasteiger partial charge on any atom is -0.444 e. The molecule has 84 valence electrons. The fourth-order valence-corrected chi connectivity index (χ4v) is 1.49. The van der Waals surface area contributed by atoms with Crippen LogP contribution in [0.15, 0.2) is 0 Å². The van der Waals surface area contributed by atoms with Crippen LogP contribution in [-0.4, -0.2) is 40.4 Å². The van der Waals surface area contributed by atoms with Gasteiger partial charge in [0.05, 0.1) is 18.7 Å². The minimum atomic E-state index is -0.543. The van der Waals surface area contributed by atoms with Crippen molar-refractivity contribution in [3.05, 3.63) is 0 Å². The quantitative estimate of drug-likeness (QED) is 0.608. The molecular formula is C11H17NO3. The van der Waals surface area contributed by atoms with E-state index in [9.17, 15) is 9.90 Å². The summed E-state index contributed by atoms with van der Waals surface area (Å²) < 4.78 is 5.18. The predicted molar refractivity (Wildman–Crippen MR) is 56.2 cm³/mol. The molecule has 15 heavy (non-hydrogen) atoms. The number of nitrogens with zero attached hydrogens (tertiary/aromatic N) is 1. The molecule has 1 aliphatic heterocycles. The molecule has 0 aromatic rings. The standard InChI is InChI=1S/C11H17NO3/c1-5-8-6-9(13)7-12(8)10(14)15-11(2,3)4/h1,8-9,13H,6-7H2,2-4H3/t8-,9-/m0/s1. The lowest BCUT2D eigenvalue weighted by Gasteiger charge is -2.26. The number of amides is 1. The van der Waals surface area contributed by atoms with Gasteiger partial charge < -0.3 is 9.84 Å². The number of carbonyl (C=O) groups excluding carboxylic acids is 1. The zero-order valence-corrected chi connectivity index (χ0v) is 9.36. The largest absolute Gasteiger partial charge is 0.444 e. The van der Waals surface area contributed by atoms with Gasteiger partial charge in [-0.1, -0.05) is 5.92 Å². The number of likely N-dealkylation sites (tertiary alicyclic amines) is 1. The fraction of sp³-hybridized carbons (Fsp3) is 0.727. The molecule has 1 aliphatic rings. The monoisotopic (exact) mass is 211 g/mol. The van der Waals surface area contributed by atoms with Crippen LogP contribution in [0.4, 0.5) is 4.79 Å². The van der Waals surface area contributed by atoms with Gasteiger partial charge >= 0.3 is 6.09 Å². The number of β-amino-alcohol motifs (C(OH)–C–C–N with tert-alkyl or cyclic N) is 1. The van der Waals surface area contributed by atoms with Crippen LogP contribution in [-0.2, 0) is 4.74 Å². The van der Waals surface area contributed by atoms with E-state index in [1.54, 1.807) is 20.8 Å². The topological polar surface area (TPSA) is 49.8 Å². The fourth-order valence-electron chi connectivity index (χ4n) is 1.49. The van der Waals surface area contributed by atoms with E-state index in [4.69, 9.17) is 11.2 Å². The number of carbonyl (C=O) groups is 1. The van der Waals surface area contributed by atoms with E-state index in [1.165, 1.54) is 4.90 Å². The summed E-state index contributed by atoms with van der Waals surface area (Å²) in [7, 11) is 0. The van der Waals surface area contributed by atoms with Crippen molar-refractivity contribution in [2.45, 2.75) is 44.9 Å². The van der Waals surface area contributed by atoms with Crippen molar-refractivity contribution in [2.24, 2.45) is 0 Å². The van der Waals surface area contributed by atoms with Crippen LogP contribution in [0.3, 0.4) is 0 Å². The normalized spacial score (nSPS) is 26.2. The third-order valence-corrected chi connectivity index (χ3v) is 2.10. The van der Waals surface area contributed by atoms with E-state index in [0.29, 0.717) is 6.42 Å². The molecule has 1 fully saturated rings. The number of terminal acetylenes is 1. The van der Waals surface area contributed by atoms with Gasteiger partial charge in [0.2, 0.25) is 0 Å². The van der Waals surface area contributed by atoms with Crippen LogP contribution < -0.4 is 0 Å². The molecule has 1 saturated heterocycles. The van der Waals surface area contributed by atoms with Gasteiger partial charge in [0, 0.05) is 6.42 Å². The number of ether oxygens (including phenoxy) is 1. The Bertz CT molecular complexity index is 287. The number of hydrogen-bond donors (Lipinski definition) is 1. The predicted octanol–water partition coefficient (Wildman–Crippen LogP) is 0.990. The highest BCUT2D eigenvalue weighted by molar-refractivity contribution is 5.69. The molecule has 0 saturated carbocycles. The number of rotatable bonds is 0. The third kappa shape index (κ3) is 3.14. The van der Waals surface area contributed by atoms with Gasteiger partial charge in [0.1, 0.15) is 5.60 Å². The lowest BCUT2D eigenvalue weighted by molar-refractivity contribution is 0.0239. The molecule has 0 aromatic heterocycles. The molecule has 2 atom stereocenters. The summed E-state index contributed by atoms with van der Waals surface area (Å²) in [6, 6.07) is -0.352. The number of aliphatic hydroxyl groups excluding tert-OH is 1. The molecule has 0 aromatic carbocycles. The van der Waals surface area contributed by atoms with Crippen molar-refractivity contribution in [3.8, 4) is 12.3 Å². The second-order valence-electron chi connectivity index (χ2n) is 4.70. The van der Waals surface area contributed by atoms with Crippen molar-refractivity contribution in [2.75, 3.05) is 6.54 Å². The van der Waals surface area contributed by atoms with Gasteiger partial charge in [-0.25, -0.2) is 4.79 Å². The Kier molecular flexibility index (Phi) is 3.25. The summed E-state index contributed by atoms with van der Waals surface area (Å²) in [5.74, 6) is 2.48. The van der Waals surface area contributed by atoms with Gasteiger partial charge in [-0.05, 0) is 20.8 Å². The van der Waals surface area contributed by atoms with Crippen LogP contribution in [0.5, 0.6) is 0 Å². The lowest BCUT2D eigenvalue weighted by atomic mass is 10.2. The molecule has 0 aliphatic carbocycles. The van der Waals surface area contributed by atoms with Crippen LogP contribution in [0, 0.1) is 12.3 Å². The Morgan fingerprint density at radius 2 is 2.20 bits per heavy atom. The highest BCUT2D eigenvalue weighted by atomic mass is 16.6. The van der Waals surface area contributed by atoms with Crippen molar-refractivity contribution >= 4 is 6.09 Å². The summed E-state index contributed by atoms with van der Waals surface area (Å²) in [5, 5.41) is 9.40. The van der Waals surface area contributed by atoms with Crippen molar-refractivity contribution in [1.29, 1.82) is 0 Å². The number of hydrogen-bond acceptors (Lipinski definition) is 3. The first-order valence-electron chi connectivity index (χ1n) is 4.97. The molecule has 1 N–H and O–H groups in total. The Balaban J connectivity index is 2.64. The Morgan fingerprint density at radius 1 is 1.60 bits per heavy atom. The maximum absolute atomic E-state index is 11.7. The lowest BCUT2D eigenvalue weighted by Crippen LogP contribution is -2.39. The van der Waals surface area contributed by atoms with E-state index in [1.807, 2.05) is 0 Å². The van der Waals surface area contributed by atoms with E-state index in [2.05, 4.69) is 5.92 Å². The molecule has 4 nitrogen and oxygen atoms in total. The van der Waals surface area contributed by atoms with Crippen LogP contribution in [0.2, 0.25) is 0 Å². The highest BCUT2D eigenvalue weighted by Crippen LogP contribution is 2.20. The Labute approximate surface area is 90.2 Å².